The second-order valence-electron chi connectivity index (χ2n) is 5.15. The summed E-state index contributed by atoms with van der Waals surface area (Å²) in [6.45, 7) is 1.30. The lowest BCUT2D eigenvalue weighted by atomic mass is 10.0. The molecule has 0 saturated heterocycles. The van der Waals surface area contributed by atoms with E-state index in [9.17, 15) is 18.4 Å². The van der Waals surface area contributed by atoms with Crippen LogP contribution in [0, 0.1) is 11.6 Å². The normalized spacial score (nSPS) is 10.4. The Hall–Kier alpha value is -2.56. The van der Waals surface area contributed by atoms with E-state index >= 15 is 0 Å². The van der Waals surface area contributed by atoms with E-state index in [1.165, 1.54) is 13.0 Å². The number of benzene rings is 2. The van der Waals surface area contributed by atoms with Gasteiger partial charge in [0, 0.05) is 24.5 Å². The average Bonchev–Trinajstić information content (AvgIpc) is 2.52. The summed E-state index contributed by atoms with van der Waals surface area (Å²) in [7, 11) is 0. The third-order valence-corrected chi connectivity index (χ3v) is 3.29. The van der Waals surface area contributed by atoms with Crippen molar-refractivity contribution in [2.24, 2.45) is 0 Å². The minimum atomic E-state index is -0.703. The number of carbonyl (C=O) groups is 2. The van der Waals surface area contributed by atoms with Gasteiger partial charge in [0.2, 0.25) is 0 Å². The number of halogens is 2. The Morgan fingerprint density at radius 3 is 2.48 bits per heavy atom. The molecule has 2 aromatic carbocycles. The molecular weight excluding hydrogens is 302 g/mol. The first-order chi connectivity index (χ1) is 11.0. The molecule has 0 aliphatic heterocycles. The second kappa shape index (κ2) is 7.63. The van der Waals surface area contributed by atoms with Gasteiger partial charge in [0.1, 0.15) is 29.8 Å². The zero-order valence-corrected chi connectivity index (χ0v) is 12.6. The van der Waals surface area contributed by atoms with Crippen LogP contribution in [0.5, 0.6) is 5.75 Å². The number of para-hydroxylation sites is 1. The number of ketones is 2. The summed E-state index contributed by atoms with van der Waals surface area (Å²) in [5, 5.41) is 0. The van der Waals surface area contributed by atoms with Crippen molar-refractivity contribution in [2.75, 3.05) is 0 Å². The first kappa shape index (κ1) is 16.8. The highest BCUT2D eigenvalue weighted by Crippen LogP contribution is 2.22. The predicted molar refractivity (Wildman–Crippen MR) is 81.4 cm³/mol. The molecule has 0 aromatic heterocycles. The molecule has 0 spiro atoms. The number of hydrogen-bond acceptors (Lipinski definition) is 3. The highest BCUT2D eigenvalue weighted by atomic mass is 19.1. The Labute approximate surface area is 132 Å². The van der Waals surface area contributed by atoms with Crippen LogP contribution in [0.3, 0.4) is 0 Å². The SMILES string of the molecule is CC(=O)CCC(=O)c1ccccc1OCc1ccc(F)cc1F. The van der Waals surface area contributed by atoms with Gasteiger partial charge in [0.05, 0.1) is 5.56 Å². The molecule has 0 saturated carbocycles. The molecule has 0 unspecified atom stereocenters. The van der Waals surface area contributed by atoms with Crippen molar-refractivity contribution < 1.29 is 23.1 Å². The number of carbonyl (C=O) groups excluding carboxylic acids is 2. The van der Waals surface area contributed by atoms with Crippen LogP contribution in [0.25, 0.3) is 0 Å². The van der Waals surface area contributed by atoms with E-state index in [2.05, 4.69) is 0 Å². The van der Waals surface area contributed by atoms with Crippen LogP contribution in [0.2, 0.25) is 0 Å². The van der Waals surface area contributed by atoms with Gasteiger partial charge in [-0.2, -0.15) is 0 Å². The van der Waals surface area contributed by atoms with Crippen molar-refractivity contribution >= 4 is 11.6 Å². The molecule has 0 atom stereocenters. The lowest BCUT2D eigenvalue weighted by Crippen LogP contribution is -2.06. The Kier molecular flexibility index (Phi) is 5.57. The van der Waals surface area contributed by atoms with Crippen molar-refractivity contribution in [3.63, 3.8) is 0 Å². The maximum absolute atomic E-state index is 13.6. The third kappa shape index (κ3) is 4.71. The van der Waals surface area contributed by atoms with Gasteiger partial charge in [-0.3, -0.25) is 4.79 Å². The summed E-state index contributed by atoms with van der Waals surface area (Å²) < 4.78 is 32.0. The maximum Gasteiger partial charge on any atom is 0.167 e. The second-order valence-corrected chi connectivity index (χ2v) is 5.15. The first-order valence-corrected chi connectivity index (χ1v) is 7.16. The quantitative estimate of drug-likeness (QED) is 0.722. The Morgan fingerprint density at radius 1 is 1.04 bits per heavy atom. The van der Waals surface area contributed by atoms with Crippen LogP contribution in [0.1, 0.15) is 35.7 Å². The van der Waals surface area contributed by atoms with Crippen LogP contribution in [0.4, 0.5) is 8.78 Å². The van der Waals surface area contributed by atoms with Crippen LogP contribution >= 0.6 is 0 Å². The van der Waals surface area contributed by atoms with Crippen molar-refractivity contribution in [1.82, 2.24) is 0 Å². The zero-order valence-electron chi connectivity index (χ0n) is 12.6. The average molecular weight is 318 g/mol. The van der Waals surface area contributed by atoms with E-state index in [0.717, 1.165) is 12.1 Å². The summed E-state index contributed by atoms with van der Waals surface area (Å²) in [5.41, 5.74) is 0.536. The molecule has 0 amide bonds. The van der Waals surface area contributed by atoms with Gasteiger partial charge in [-0.1, -0.05) is 12.1 Å². The number of hydrogen-bond donors (Lipinski definition) is 0. The monoisotopic (exact) mass is 318 g/mol. The summed E-state index contributed by atoms with van der Waals surface area (Å²) in [4.78, 5) is 23.1. The van der Waals surface area contributed by atoms with E-state index in [1.54, 1.807) is 24.3 Å². The van der Waals surface area contributed by atoms with E-state index in [-0.39, 0.29) is 36.6 Å². The molecule has 0 heterocycles. The molecule has 3 nitrogen and oxygen atoms in total. The maximum atomic E-state index is 13.6. The van der Waals surface area contributed by atoms with Crippen molar-refractivity contribution in [3.05, 3.63) is 65.2 Å². The molecule has 0 aliphatic carbocycles. The molecule has 120 valence electrons. The molecule has 0 radical (unpaired) electrons. The van der Waals surface area contributed by atoms with Gasteiger partial charge in [0.15, 0.2) is 5.78 Å². The zero-order chi connectivity index (χ0) is 16.8. The molecule has 2 rings (SSSR count). The fraction of sp³-hybridized carbons (Fsp3) is 0.222. The standard InChI is InChI=1S/C18H16F2O3/c1-12(21)6-9-17(22)15-4-2-3-5-18(15)23-11-13-7-8-14(19)10-16(13)20/h2-5,7-8,10H,6,9,11H2,1H3. The van der Waals surface area contributed by atoms with E-state index in [4.69, 9.17) is 4.74 Å². The third-order valence-electron chi connectivity index (χ3n) is 3.29. The van der Waals surface area contributed by atoms with Crippen molar-refractivity contribution in [2.45, 2.75) is 26.4 Å². The first-order valence-electron chi connectivity index (χ1n) is 7.16. The highest BCUT2D eigenvalue weighted by Gasteiger charge is 2.13. The molecule has 0 aliphatic rings. The van der Waals surface area contributed by atoms with Crippen molar-refractivity contribution in [1.29, 1.82) is 0 Å². The molecule has 0 bridgehead atoms. The molecular formula is C18H16F2O3. The fourth-order valence-corrected chi connectivity index (χ4v) is 2.04. The number of Topliss-reactive ketones (excluding diaryl/α,β-unsaturated/α-hetero) is 2. The molecule has 0 N–H and O–H groups in total. The van der Waals surface area contributed by atoms with Crippen LogP contribution < -0.4 is 4.74 Å². The van der Waals surface area contributed by atoms with Crippen LogP contribution in [-0.2, 0) is 11.4 Å². The summed E-state index contributed by atoms with van der Waals surface area (Å²) in [5.74, 6) is -1.33. The topological polar surface area (TPSA) is 43.4 Å². The molecule has 2 aromatic rings. The number of ether oxygens (including phenoxy) is 1. The Bertz CT molecular complexity index is 726. The van der Waals surface area contributed by atoms with Gasteiger partial charge < -0.3 is 9.53 Å². The summed E-state index contributed by atoms with van der Waals surface area (Å²) in [6, 6.07) is 9.80. The highest BCUT2D eigenvalue weighted by molar-refractivity contribution is 6.00. The van der Waals surface area contributed by atoms with Crippen LogP contribution in [-0.4, -0.2) is 11.6 Å². The van der Waals surface area contributed by atoms with Gasteiger partial charge in [-0.05, 0) is 31.2 Å². The van der Waals surface area contributed by atoms with Crippen molar-refractivity contribution in [3.8, 4) is 5.75 Å². The Morgan fingerprint density at radius 2 is 1.78 bits per heavy atom. The lowest BCUT2D eigenvalue weighted by molar-refractivity contribution is -0.116. The minimum absolute atomic E-state index is 0.0647. The van der Waals surface area contributed by atoms with Gasteiger partial charge >= 0.3 is 0 Å². The molecule has 0 fully saturated rings. The van der Waals surface area contributed by atoms with Gasteiger partial charge in [-0.25, -0.2) is 8.78 Å². The molecule has 23 heavy (non-hydrogen) atoms. The van der Waals surface area contributed by atoms with E-state index in [1.807, 2.05) is 0 Å². The predicted octanol–water partition coefficient (Wildman–Crippen LogP) is 4.10. The molecule has 5 heteroatoms. The smallest absolute Gasteiger partial charge is 0.167 e. The summed E-state index contributed by atoms with van der Waals surface area (Å²) in [6.07, 6.45) is 0.264. The fourth-order valence-electron chi connectivity index (χ4n) is 2.04. The van der Waals surface area contributed by atoms with Gasteiger partial charge in [0.25, 0.3) is 0 Å². The largest absolute Gasteiger partial charge is 0.488 e. The van der Waals surface area contributed by atoms with Gasteiger partial charge in [-0.15, -0.1) is 0 Å². The Balaban J connectivity index is 2.11. The van der Waals surface area contributed by atoms with E-state index in [0.29, 0.717) is 11.3 Å². The number of rotatable bonds is 7. The van der Waals surface area contributed by atoms with Crippen LogP contribution in [0.15, 0.2) is 42.5 Å². The van der Waals surface area contributed by atoms with E-state index < -0.39 is 11.6 Å². The minimum Gasteiger partial charge on any atom is -0.488 e. The summed E-state index contributed by atoms with van der Waals surface area (Å²) >= 11 is 0. The lowest BCUT2D eigenvalue weighted by Gasteiger charge is -2.11.